The largest absolute Gasteiger partial charge is 0.428 e. The second kappa shape index (κ2) is 10.5. The quantitative estimate of drug-likeness (QED) is 0.250. The molecule has 15 heteroatoms. The van der Waals surface area contributed by atoms with Gasteiger partial charge in [0.25, 0.3) is 11.5 Å². The van der Waals surface area contributed by atoms with E-state index in [4.69, 9.17) is 10.3 Å². The molecule has 0 saturated heterocycles. The van der Waals surface area contributed by atoms with Crippen LogP contribution in [0.25, 0.3) is 5.70 Å². The van der Waals surface area contributed by atoms with Gasteiger partial charge in [0.15, 0.2) is 17.5 Å². The summed E-state index contributed by atoms with van der Waals surface area (Å²) < 4.78 is 72.1. The zero-order valence-electron chi connectivity index (χ0n) is 18.1. The van der Waals surface area contributed by atoms with E-state index < -0.39 is 41.7 Å². The van der Waals surface area contributed by atoms with Crippen LogP contribution in [0.2, 0.25) is 0 Å². The molecular weight excluding hydrogens is 493 g/mol. The molecule has 1 aromatic carbocycles. The van der Waals surface area contributed by atoms with Crippen LogP contribution in [-0.2, 0) is 11.3 Å². The fourth-order valence-corrected chi connectivity index (χ4v) is 2.72. The van der Waals surface area contributed by atoms with Crippen molar-refractivity contribution in [2.24, 2.45) is 16.5 Å². The number of amides is 1. The molecule has 10 nitrogen and oxygen atoms in total. The average Bonchev–Trinajstić information content (AvgIpc) is 3.35. The van der Waals surface area contributed by atoms with Crippen molar-refractivity contribution in [2.75, 3.05) is 11.9 Å². The first-order chi connectivity index (χ1) is 16.9. The molecule has 0 saturated carbocycles. The van der Waals surface area contributed by atoms with Crippen LogP contribution in [0.1, 0.15) is 17.1 Å². The summed E-state index contributed by atoms with van der Waals surface area (Å²) in [5.74, 6) is -4.95. The van der Waals surface area contributed by atoms with Crippen molar-refractivity contribution in [3.63, 3.8) is 0 Å². The number of aliphatic hydroxyl groups is 1. The highest BCUT2D eigenvalue weighted by Crippen LogP contribution is 2.30. The molecule has 3 aromatic rings. The molecule has 2 heterocycles. The Morgan fingerprint density at radius 2 is 1.89 bits per heavy atom. The molecule has 1 atom stereocenters. The number of nitrogens with one attached hydrogen (secondary N) is 1. The number of alkyl halides is 3. The summed E-state index contributed by atoms with van der Waals surface area (Å²) in [6.07, 6.45) is -2.38. The smallest absolute Gasteiger partial charge is 0.396 e. The lowest BCUT2D eigenvalue weighted by Crippen LogP contribution is -2.59. The van der Waals surface area contributed by atoms with Gasteiger partial charge in [-0.15, -0.1) is 0 Å². The van der Waals surface area contributed by atoms with Crippen LogP contribution in [0, 0.1) is 11.6 Å². The number of hydrogen-bond donors (Lipinski definition) is 4. The molecule has 0 radical (unpaired) electrons. The highest BCUT2D eigenvalue weighted by atomic mass is 19.4. The molecule has 6 N–H and O–H groups in total. The number of rotatable bonds is 9. The van der Waals surface area contributed by atoms with Crippen molar-refractivity contribution in [1.29, 1.82) is 0 Å². The third kappa shape index (κ3) is 5.80. The molecule has 0 spiro atoms. The standard InChI is InChI=1S/C21H18F5N7O3/c22-12-4-2-1-3-11(12)8-29-16(15-5-6-36-33-15)7-14(27)18-30-9-13(23)17(32-18)31-10-20(35,19(28)34)21(24,25)26/h1-7,9,35H,8,10,27H2,(H2,28,34)(H,30,31,32). The van der Waals surface area contributed by atoms with Crippen LogP contribution >= 0.6 is 0 Å². The number of benzene rings is 1. The minimum atomic E-state index is -5.45. The van der Waals surface area contributed by atoms with Crippen molar-refractivity contribution in [3.8, 4) is 0 Å². The number of allylic oxidation sites excluding steroid dienone is 1. The van der Waals surface area contributed by atoms with E-state index in [1.807, 2.05) is 5.32 Å². The molecule has 1 amide bonds. The molecule has 3 rings (SSSR count). The number of aromatic nitrogens is 3. The Hall–Kier alpha value is -4.40. The maximum atomic E-state index is 14.1. The van der Waals surface area contributed by atoms with Crippen LogP contribution in [0.15, 0.2) is 58.4 Å². The number of primary amides is 1. The van der Waals surface area contributed by atoms with E-state index in [0.717, 1.165) is 0 Å². The summed E-state index contributed by atoms with van der Waals surface area (Å²) in [4.78, 5) is 22.8. The molecule has 0 fully saturated rings. The Morgan fingerprint density at radius 3 is 2.50 bits per heavy atom. The number of carbonyl (C=O) groups excluding carboxylic acids is 1. The van der Waals surface area contributed by atoms with Gasteiger partial charge in [-0.05, 0) is 12.1 Å². The van der Waals surface area contributed by atoms with Gasteiger partial charge < -0.3 is 26.4 Å². The topological polar surface area (TPSA) is 166 Å². The Morgan fingerprint density at radius 1 is 1.17 bits per heavy atom. The summed E-state index contributed by atoms with van der Waals surface area (Å²) in [6, 6.07) is 7.33. The van der Waals surface area contributed by atoms with Crippen molar-refractivity contribution in [1.82, 2.24) is 15.1 Å². The first-order valence-corrected chi connectivity index (χ1v) is 9.94. The average molecular weight is 511 g/mol. The van der Waals surface area contributed by atoms with Gasteiger partial charge in [0, 0.05) is 11.6 Å². The summed E-state index contributed by atoms with van der Waals surface area (Å²) >= 11 is 0. The third-order valence-corrected chi connectivity index (χ3v) is 4.76. The van der Waals surface area contributed by atoms with Gasteiger partial charge in [0.2, 0.25) is 0 Å². The van der Waals surface area contributed by atoms with E-state index in [2.05, 4.69) is 25.9 Å². The van der Waals surface area contributed by atoms with Gasteiger partial charge in [0.1, 0.15) is 17.8 Å². The number of carbonyl (C=O) groups is 1. The second-order valence-corrected chi connectivity index (χ2v) is 7.24. The number of aliphatic imine (C=N–C) groups is 1. The van der Waals surface area contributed by atoms with Crippen molar-refractivity contribution < 1.29 is 36.4 Å². The third-order valence-electron chi connectivity index (χ3n) is 4.76. The minimum absolute atomic E-state index is 0.104. The molecule has 0 aliphatic rings. The van der Waals surface area contributed by atoms with Gasteiger partial charge in [-0.1, -0.05) is 23.4 Å². The van der Waals surface area contributed by atoms with E-state index in [1.54, 1.807) is 6.07 Å². The number of hydrogen-bond acceptors (Lipinski definition) is 9. The van der Waals surface area contributed by atoms with Crippen LogP contribution < -0.4 is 16.8 Å². The lowest BCUT2D eigenvalue weighted by molar-refractivity contribution is -0.245. The lowest BCUT2D eigenvalue weighted by atomic mass is 10.0. The fraction of sp³-hybridized carbons (Fsp3) is 0.190. The normalized spacial score (nSPS) is 14.4. The number of nitrogens with zero attached hydrogens (tertiary/aromatic N) is 4. The van der Waals surface area contributed by atoms with Crippen molar-refractivity contribution >= 4 is 23.1 Å². The first kappa shape index (κ1) is 26.2. The van der Waals surface area contributed by atoms with Crippen molar-refractivity contribution in [2.45, 2.75) is 18.3 Å². The predicted molar refractivity (Wildman–Crippen MR) is 116 cm³/mol. The van der Waals surface area contributed by atoms with E-state index in [9.17, 15) is 31.9 Å². The second-order valence-electron chi connectivity index (χ2n) is 7.24. The molecule has 2 aromatic heterocycles. The number of nitrogens with two attached hydrogens (primary N) is 2. The van der Waals surface area contributed by atoms with E-state index >= 15 is 0 Å². The van der Waals surface area contributed by atoms with E-state index in [-0.39, 0.29) is 35.0 Å². The van der Waals surface area contributed by atoms with Gasteiger partial charge >= 0.3 is 6.18 Å². The summed E-state index contributed by atoms with van der Waals surface area (Å²) in [6.45, 7) is -1.64. The molecule has 0 bridgehead atoms. The zero-order valence-corrected chi connectivity index (χ0v) is 18.1. The minimum Gasteiger partial charge on any atom is -0.396 e. The van der Waals surface area contributed by atoms with Crippen LogP contribution in [0.4, 0.5) is 27.8 Å². The molecule has 1 unspecified atom stereocenters. The van der Waals surface area contributed by atoms with Crippen LogP contribution in [0.3, 0.4) is 0 Å². The lowest BCUT2D eigenvalue weighted by Gasteiger charge is -2.27. The van der Waals surface area contributed by atoms with Gasteiger partial charge in [-0.2, -0.15) is 13.2 Å². The maximum absolute atomic E-state index is 14.1. The Kier molecular flexibility index (Phi) is 7.62. The SMILES string of the molecule is NC(=O)C(O)(CNc1nc(C(N)=CC(=NCc2ccccc2F)c2ccon2)ncc1F)C(F)(F)F. The highest BCUT2D eigenvalue weighted by molar-refractivity contribution is 6.10. The molecule has 0 aliphatic heterocycles. The molecule has 36 heavy (non-hydrogen) atoms. The summed E-state index contributed by atoms with van der Waals surface area (Å²) in [7, 11) is 0. The maximum Gasteiger partial charge on any atom is 0.428 e. The Bertz CT molecular complexity index is 1300. The summed E-state index contributed by atoms with van der Waals surface area (Å²) in [5.41, 5.74) is 7.00. The predicted octanol–water partition coefficient (Wildman–Crippen LogP) is 1.92. The zero-order chi connectivity index (χ0) is 26.5. The number of anilines is 1. The van der Waals surface area contributed by atoms with Gasteiger partial charge in [-0.3, -0.25) is 9.79 Å². The molecule has 190 valence electrons. The van der Waals surface area contributed by atoms with Gasteiger partial charge in [-0.25, -0.2) is 18.7 Å². The first-order valence-electron chi connectivity index (χ1n) is 9.94. The fourth-order valence-electron chi connectivity index (χ4n) is 2.72. The highest BCUT2D eigenvalue weighted by Gasteiger charge is 2.58. The monoisotopic (exact) mass is 511 g/mol. The Balaban J connectivity index is 1.90. The van der Waals surface area contributed by atoms with E-state index in [1.165, 1.54) is 36.6 Å². The van der Waals surface area contributed by atoms with Gasteiger partial charge in [0.05, 0.1) is 30.7 Å². The summed E-state index contributed by atoms with van der Waals surface area (Å²) in [5, 5.41) is 15.3. The van der Waals surface area contributed by atoms with Crippen LogP contribution in [-0.4, -0.2) is 50.2 Å². The Labute approximate surface area is 199 Å². The number of halogens is 5. The molecule has 0 aliphatic carbocycles. The van der Waals surface area contributed by atoms with E-state index in [0.29, 0.717) is 6.20 Å². The van der Waals surface area contributed by atoms with Crippen LogP contribution in [0.5, 0.6) is 0 Å². The van der Waals surface area contributed by atoms with Crippen molar-refractivity contribution in [3.05, 3.63) is 77.6 Å². The molecular formula is C21H18F5N7O3.